The molecule has 0 bridgehead atoms. The van der Waals surface area contributed by atoms with Gasteiger partial charge in [0.2, 0.25) is 0 Å². The zero-order valence-corrected chi connectivity index (χ0v) is 6.45. The molecule has 0 radical (unpaired) electrons. The predicted octanol–water partition coefficient (Wildman–Crippen LogP) is 1.60. The van der Waals surface area contributed by atoms with E-state index in [9.17, 15) is 0 Å². The van der Waals surface area contributed by atoms with Crippen LogP contribution in [-0.4, -0.2) is 24.5 Å². The SMILES string of the molecule is C=C(Br)CN1CCC1. The number of rotatable bonds is 2. The predicted molar refractivity (Wildman–Crippen MR) is 39.1 cm³/mol. The number of likely N-dealkylation sites (tertiary alicyclic amines) is 1. The monoisotopic (exact) mass is 175 g/mol. The van der Waals surface area contributed by atoms with Crippen molar-refractivity contribution >= 4 is 15.9 Å². The van der Waals surface area contributed by atoms with Crippen LogP contribution in [0, 0.1) is 0 Å². The topological polar surface area (TPSA) is 3.24 Å². The summed E-state index contributed by atoms with van der Waals surface area (Å²) in [5.74, 6) is 0. The maximum atomic E-state index is 3.75. The largest absolute Gasteiger partial charge is 0.298 e. The molecule has 8 heavy (non-hydrogen) atoms. The van der Waals surface area contributed by atoms with Crippen LogP contribution in [0.2, 0.25) is 0 Å². The Bertz CT molecular complexity index is 96.7. The van der Waals surface area contributed by atoms with Crippen LogP contribution in [0.5, 0.6) is 0 Å². The molecule has 0 atom stereocenters. The van der Waals surface area contributed by atoms with Gasteiger partial charge in [0.25, 0.3) is 0 Å². The highest BCUT2D eigenvalue weighted by molar-refractivity contribution is 9.11. The highest BCUT2D eigenvalue weighted by atomic mass is 79.9. The molecular weight excluding hydrogens is 166 g/mol. The van der Waals surface area contributed by atoms with Gasteiger partial charge >= 0.3 is 0 Å². The van der Waals surface area contributed by atoms with Gasteiger partial charge in [-0.05, 0) is 19.5 Å². The first-order valence-corrected chi connectivity index (χ1v) is 3.64. The van der Waals surface area contributed by atoms with Crippen molar-refractivity contribution in [3.63, 3.8) is 0 Å². The van der Waals surface area contributed by atoms with Gasteiger partial charge in [0.05, 0.1) is 0 Å². The molecule has 0 spiro atoms. The van der Waals surface area contributed by atoms with E-state index >= 15 is 0 Å². The van der Waals surface area contributed by atoms with Crippen molar-refractivity contribution in [1.82, 2.24) is 4.90 Å². The van der Waals surface area contributed by atoms with E-state index in [-0.39, 0.29) is 0 Å². The van der Waals surface area contributed by atoms with Crippen LogP contribution < -0.4 is 0 Å². The van der Waals surface area contributed by atoms with Crippen LogP contribution >= 0.6 is 15.9 Å². The van der Waals surface area contributed by atoms with Gasteiger partial charge in [-0.3, -0.25) is 4.90 Å². The molecule has 1 nitrogen and oxygen atoms in total. The van der Waals surface area contributed by atoms with Crippen molar-refractivity contribution in [3.8, 4) is 0 Å². The summed E-state index contributed by atoms with van der Waals surface area (Å²) in [7, 11) is 0. The van der Waals surface area contributed by atoms with E-state index in [1.54, 1.807) is 0 Å². The summed E-state index contributed by atoms with van der Waals surface area (Å²) < 4.78 is 1.09. The maximum absolute atomic E-state index is 3.75. The van der Waals surface area contributed by atoms with E-state index in [1.165, 1.54) is 19.5 Å². The molecular formula is C6H10BrN. The molecule has 1 rings (SSSR count). The van der Waals surface area contributed by atoms with E-state index in [1.807, 2.05) is 0 Å². The lowest BCUT2D eigenvalue weighted by atomic mass is 10.2. The molecule has 0 N–H and O–H groups in total. The van der Waals surface area contributed by atoms with Gasteiger partial charge < -0.3 is 0 Å². The van der Waals surface area contributed by atoms with Crippen LogP contribution in [0.3, 0.4) is 0 Å². The van der Waals surface area contributed by atoms with E-state index in [4.69, 9.17) is 0 Å². The fourth-order valence-electron chi connectivity index (χ4n) is 0.782. The van der Waals surface area contributed by atoms with Crippen LogP contribution in [0.25, 0.3) is 0 Å². The van der Waals surface area contributed by atoms with Crippen molar-refractivity contribution in [2.75, 3.05) is 19.6 Å². The zero-order chi connectivity index (χ0) is 5.98. The Kier molecular flexibility index (Phi) is 2.08. The van der Waals surface area contributed by atoms with E-state index in [2.05, 4.69) is 27.4 Å². The van der Waals surface area contributed by atoms with Crippen LogP contribution in [-0.2, 0) is 0 Å². The molecule has 1 aliphatic rings. The summed E-state index contributed by atoms with van der Waals surface area (Å²) in [4.78, 5) is 2.36. The van der Waals surface area contributed by atoms with Gasteiger partial charge in [0.1, 0.15) is 0 Å². The molecule has 0 aromatic rings. The minimum Gasteiger partial charge on any atom is -0.298 e. The lowest BCUT2D eigenvalue weighted by Gasteiger charge is -2.30. The Morgan fingerprint density at radius 2 is 2.25 bits per heavy atom. The normalized spacial score (nSPS) is 20.1. The Hall–Kier alpha value is 0.180. The Labute approximate surface area is 58.5 Å². The Balaban J connectivity index is 2.09. The first-order valence-electron chi connectivity index (χ1n) is 2.84. The second-order valence-electron chi connectivity index (χ2n) is 2.15. The summed E-state index contributed by atoms with van der Waals surface area (Å²) >= 11 is 3.31. The van der Waals surface area contributed by atoms with Gasteiger partial charge in [-0.2, -0.15) is 0 Å². The third-order valence-electron chi connectivity index (χ3n) is 1.34. The highest BCUT2D eigenvalue weighted by Crippen LogP contribution is 2.10. The number of halogens is 1. The lowest BCUT2D eigenvalue weighted by Crippen LogP contribution is -2.37. The smallest absolute Gasteiger partial charge is 0.0293 e. The van der Waals surface area contributed by atoms with Crippen molar-refractivity contribution in [2.24, 2.45) is 0 Å². The number of hydrogen-bond donors (Lipinski definition) is 0. The van der Waals surface area contributed by atoms with Crippen LogP contribution in [0.15, 0.2) is 11.1 Å². The molecule has 0 saturated carbocycles. The molecule has 0 amide bonds. The van der Waals surface area contributed by atoms with Gasteiger partial charge in [0.15, 0.2) is 0 Å². The lowest BCUT2D eigenvalue weighted by molar-refractivity contribution is 0.202. The van der Waals surface area contributed by atoms with Gasteiger partial charge in [0, 0.05) is 11.0 Å². The summed E-state index contributed by atoms with van der Waals surface area (Å²) in [6.45, 7) is 7.29. The number of hydrogen-bond acceptors (Lipinski definition) is 1. The average molecular weight is 176 g/mol. The molecule has 1 saturated heterocycles. The summed E-state index contributed by atoms with van der Waals surface area (Å²) in [5, 5.41) is 0. The van der Waals surface area contributed by atoms with Crippen molar-refractivity contribution in [1.29, 1.82) is 0 Å². The standard InChI is InChI=1S/C6H10BrN/c1-6(7)5-8-3-2-4-8/h1-5H2. The fraction of sp³-hybridized carbons (Fsp3) is 0.667. The van der Waals surface area contributed by atoms with E-state index in [0.29, 0.717) is 0 Å². The Morgan fingerprint density at radius 3 is 2.38 bits per heavy atom. The van der Waals surface area contributed by atoms with Gasteiger partial charge in [-0.15, -0.1) is 0 Å². The molecule has 0 aromatic carbocycles. The second-order valence-corrected chi connectivity index (χ2v) is 3.27. The van der Waals surface area contributed by atoms with Crippen molar-refractivity contribution < 1.29 is 0 Å². The highest BCUT2D eigenvalue weighted by Gasteiger charge is 2.12. The summed E-state index contributed by atoms with van der Waals surface area (Å²) in [6, 6.07) is 0. The molecule has 0 aromatic heterocycles. The zero-order valence-electron chi connectivity index (χ0n) is 4.86. The van der Waals surface area contributed by atoms with E-state index in [0.717, 1.165) is 11.0 Å². The third kappa shape index (κ3) is 1.60. The quantitative estimate of drug-likeness (QED) is 0.617. The summed E-state index contributed by atoms with van der Waals surface area (Å²) in [6.07, 6.45) is 1.36. The maximum Gasteiger partial charge on any atom is 0.0293 e. The second kappa shape index (κ2) is 2.65. The first kappa shape index (κ1) is 6.30. The average Bonchev–Trinajstić information content (AvgIpc) is 1.55. The van der Waals surface area contributed by atoms with Crippen LogP contribution in [0.1, 0.15) is 6.42 Å². The third-order valence-corrected chi connectivity index (χ3v) is 1.59. The first-order chi connectivity index (χ1) is 3.79. The van der Waals surface area contributed by atoms with E-state index < -0.39 is 0 Å². The van der Waals surface area contributed by atoms with Gasteiger partial charge in [-0.25, -0.2) is 0 Å². The van der Waals surface area contributed by atoms with Gasteiger partial charge in [-0.1, -0.05) is 22.5 Å². The molecule has 2 heteroatoms. The minimum absolute atomic E-state index is 1.03. The van der Waals surface area contributed by atoms with Crippen molar-refractivity contribution in [3.05, 3.63) is 11.1 Å². The van der Waals surface area contributed by atoms with Crippen LogP contribution in [0.4, 0.5) is 0 Å². The molecule has 1 fully saturated rings. The molecule has 0 aliphatic carbocycles. The number of nitrogens with zero attached hydrogens (tertiary/aromatic N) is 1. The Morgan fingerprint density at radius 1 is 1.62 bits per heavy atom. The minimum atomic E-state index is 1.03. The fourth-order valence-corrected chi connectivity index (χ4v) is 1.14. The molecule has 46 valence electrons. The molecule has 1 aliphatic heterocycles. The molecule has 1 heterocycles. The molecule has 0 unspecified atom stereocenters. The van der Waals surface area contributed by atoms with Crippen molar-refractivity contribution in [2.45, 2.75) is 6.42 Å². The summed E-state index contributed by atoms with van der Waals surface area (Å²) in [5.41, 5.74) is 0.